The van der Waals surface area contributed by atoms with E-state index in [4.69, 9.17) is 5.26 Å². The molecule has 0 aliphatic rings. The zero-order chi connectivity index (χ0) is 11.4. The van der Waals surface area contributed by atoms with Crippen molar-refractivity contribution < 1.29 is 9.42 Å². The molecule has 1 amide bonds. The fourth-order valence-electron chi connectivity index (χ4n) is 1.14. The van der Waals surface area contributed by atoms with Crippen molar-refractivity contribution in [2.75, 3.05) is 5.32 Å². The lowest BCUT2D eigenvalue weighted by Crippen LogP contribution is -2.13. The minimum absolute atomic E-state index is 0.0627. The predicted octanol–water partition coefficient (Wildman–Crippen LogP) is 1.19. The molecule has 0 atom stereocenters. The molecule has 6 heteroatoms. The number of amides is 1. The molecule has 0 saturated heterocycles. The molecular formula is C10H6N4O2. The number of carbonyl (C=O) groups excluding carboxylic acids is 1. The van der Waals surface area contributed by atoms with Gasteiger partial charge < -0.3 is 5.32 Å². The molecule has 0 radical (unpaired) electrons. The van der Waals surface area contributed by atoms with E-state index in [1.165, 1.54) is 6.20 Å². The van der Waals surface area contributed by atoms with Crippen molar-refractivity contribution in [3.8, 4) is 6.07 Å². The maximum atomic E-state index is 11.6. The van der Waals surface area contributed by atoms with Crippen LogP contribution in [0.15, 0.2) is 35.1 Å². The lowest BCUT2D eigenvalue weighted by Gasteiger charge is -2.03. The van der Waals surface area contributed by atoms with Crippen LogP contribution in [0, 0.1) is 11.3 Å². The molecule has 0 aliphatic heterocycles. The third-order valence-corrected chi connectivity index (χ3v) is 1.89. The molecule has 16 heavy (non-hydrogen) atoms. The number of aromatic nitrogens is 2. The Morgan fingerprint density at radius 2 is 2.25 bits per heavy atom. The van der Waals surface area contributed by atoms with E-state index >= 15 is 0 Å². The summed E-state index contributed by atoms with van der Waals surface area (Å²) in [4.78, 5) is 11.6. The maximum absolute atomic E-state index is 11.6. The SMILES string of the molecule is N#Cc1ccccc1NC(=O)c1cnon1. The smallest absolute Gasteiger partial charge is 0.279 e. The Kier molecular flexibility index (Phi) is 2.61. The first-order valence-electron chi connectivity index (χ1n) is 4.39. The van der Waals surface area contributed by atoms with Gasteiger partial charge in [0.15, 0.2) is 5.69 Å². The largest absolute Gasteiger partial charge is 0.319 e. The molecular weight excluding hydrogens is 208 g/mol. The molecule has 0 bridgehead atoms. The summed E-state index contributed by atoms with van der Waals surface area (Å²) >= 11 is 0. The highest BCUT2D eigenvalue weighted by molar-refractivity contribution is 6.03. The number of hydrogen-bond acceptors (Lipinski definition) is 5. The average molecular weight is 214 g/mol. The van der Waals surface area contributed by atoms with E-state index in [1.807, 2.05) is 6.07 Å². The number of nitriles is 1. The summed E-state index contributed by atoms with van der Waals surface area (Å²) < 4.78 is 4.30. The summed E-state index contributed by atoms with van der Waals surface area (Å²) in [7, 11) is 0. The van der Waals surface area contributed by atoms with Crippen molar-refractivity contribution in [3.63, 3.8) is 0 Å². The Morgan fingerprint density at radius 3 is 2.94 bits per heavy atom. The molecule has 1 N–H and O–H groups in total. The highest BCUT2D eigenvalue weighted by atomic mass is 16.6. The molecule has 0 unspecified atom stereocenters. The highest BCUT2D eigenvalue weighted by Gasteiger charge is 2.11. The van der Waals surface area contributed by atoms with Gasteiger partial charge in [-0.15, -0.1) is 0 Å². The van der Waals surface area contributed by atoms with Crippen LogP contribution in [0.1, 0.15) is 16.1 Å². The topological polar surface area (TPSA) is 91.8 Å². The molecule has 0 fully saturated rings. The fraction of sp³-hybridized carbons (Fsp3) is 0. The quantitative estimate of drug-likeness (QED) is 0.810. The second kappa shape index (κ2) is 4.23. The summed E-state index contributed by atoms with van der Waals surface area (Å²) in [5.41, 5.74) is 0.873. The van der Waals surface area contributed by atoms with Crippen molar-refractivity contribution >= 4 is 11.6 Å². The van der Waals surface area contributed by atoms with Crippen LogP contribution in [0.4, 0.5) is 5.69 Å². The van der Waals surface area contributed by atoms with Gasteiger partial charge in [0.2, 0.25) is 0 Å². The van der Waals surface area contributed by atoms with Gasteiger partial charge in [-0.25, -0.2) is 4.63 Å². The van der Waals surface area contributed by atoms with Crippen molar-refractivity contribution in [2.45, 2.75) is 0 Å². The van der Waals surface area contributed by atoms with Crippen molar-refractivity contribution in [1.82, 2.24) is 10.3 Å². The summed E-state index contributed by atoms with van der Waals surface area (Å²) in [6, 6.07) is 8.64. The van der Waals surface area contributed by atoms with Crippen molar-refractivity contribution in [1.29, 1.82) is 5.26 Å². The van der Waals surface area contributed by atoms with Crippen molar-refractivity contribution in [3.05, 3.63) is 41.7 Å². The first-order valence-corrected chi connectivity index (χ1v) is 4.39. The van der Waals surface area contributed by atoms with Crippen LogP contribution < -0.4 is 5.32 Å². The van der Waals surface area contributed by atoms with E-state index in [2.05, 4.69) is 20.3 Å². The predicted molar refractivity (Wildman–Crippen MR) is 53.4 cm³/mol. The lowest BCUT2D eigenvalue weighted by molar-refractivity contribution is 0.101. The van der Waals surface area contributed by atoms with Crippen LogP contribution in [0.2, 0.25) is 0 Å². The minimum Gasteiger partial charge on any atom is -0.319 e. The second-order valence-electron chi connectivity index (χ2n) is 2.90. The number of para-hydroxylation sites is 1. The molecule has 1 aromatic heterocycles. The third-order valence-electron chi connectivity index (χ3n) is 1.89. The second-order valence-corrected chi connectivity index (χ2v) is 2.90. The van der Waals surface area contributed by atoms with E-state index in [-0.39, 0.29) is 5.69 Å². The van der Waals surface area contributed by atoms with E-state index in [9.17, 15) is 4.79 Å². The Hall–Kier alpha value is -2.68. The van der Waals surface area contributed by atoms with Crippen LogP contribution in [-0.4, -0.2) is 16.2 Å². The Balaban J connectivity index is 2.22. The van der Waals surface area contributed by atoms with E-state index in [0.29, 0.717) is 11.3 Å². The van der Waals surface area contributed by atoms with E-state index in [0.717, 1.165) is 0 Å². The summed E-state index contributed by atoms with van der Waals surface area (Å²) in [6.45, 7) is 0. The summed E-state index contributed by atoms with van der Waals surface area (Å²) in [5.74, 6) is -0.469. The van der Waals surface area contributed by atoms with E-state index < -0.39 is 5.91 Å². The van der Waals surface area contributed by atoms with Crippen LogP contribution in [0.25, 0.3) is 0 Å². The molecule has 2 aromatic rings. The van der Waals surface area contributed by atoms with Gasteiger partial charge in [-0.2, -0.15) is 5.26 Å². The number of carbonyl (C=O) groups is 1. The van der Waals surface area contributed by atoms with Crippen LogP contribution in [0.5, 0.6) is 0 Å². The molecule has 2 rings (SSSR count). The van der Waals surface area contributed by atoms with Crippen LogP contribution >= 0.6 is 0 Å². The Labute approximate surface area is 90.5 Å². The summed E-state index contributed by atoms with van der Waals surface area (Å²) in [5, 5.41) is 18.1. The van der Waals surface area contributed by atoms with Gasteiger partial charge in [0, 0.05) is 0 Å². The Bertz CT molecular complexity index is 542. The number of anilines is 1. The van der Waals surface area contributed by atoms with E-state index in [1.54, 1.807) is 24.3 Å². The van der Waals surface area contributed by atoms with Gasteiger partial charge in [-0.3, -0.25) is 4.79 Å². The number of nitrogens with zero attached hydrogens (tertiary/aromatic N) is 3. The molecule has 1 aromatic carbocycles. The monoisotopic (exact) mass is 214 g/mol. The van der Waals surface area contributed by atoms with Gasteiger partial charge in [0.1, 0.15) is 12.3 Å². The number of nitrogens with one attached hydrogen (secondary N) is 1. The number of hydrogen-bond donors (Lipinski definition) is 1. The van der Waals surface area contributed by atoms with Gasteiger partial charge in [-0.05, 0) is 17.3 Å². The maximum Gasteiger partial charge on any atom is 0.279 e. The fourth-order valence-corrected chi connectivity index (χ4v) is 1.14. The first kappa shape index (κ1) is 9.86. The zero-order valence-electron chi connectivity index (χ0n) is 8.04. The highest BCUT2D eigenvalue weighted by Crippen LogP contribution is 2.14. The van der Waals surface area contributed by atoms with Crippen LogP contribution in [0.3, 0.4) is 0 Å². The first-order chi connectivity index (χ1) is 7.81. The third kappa shape index (κ3) is 1.88. The molecule has 78 valence electrons. The number of rotatable bonds is 2. The van der Waals surface area contributed by atoms with Gasteiger partial charge in [0.25, 0.3) is 5.91 Å². The molecule has 0 spiro atoms. The standard InChI is InChI=1S/C10H6N4O2/c11-5-7-3-1-2-4-8(7)13-10(15)9-6-12-16-14-9/h1-4,6H,(H,13,15). The van der Waals surface area contributed by atoms with Gasteiger partial charge in [-0.1, -0.05) is 17.3 Å². The van der Waals surface area contributed by atoms with Gasteiger partial charge in [0.05, 0.1) is 11.3 Å². The summed E-state index contributed by atoms with van der Waals surface area (Å²) in [6.07, 6.45) is 1.20. The lowest BCUT2D eigenvalue weighted by atomic mass is 10.2. The molecule has 1 heterocycles. The molecule has 6 nitrogen and oxygen atoms in total. The number of benzene rings is 1. The normalized spacial score (nSPS) is 9.44. The van der Waals surface area contributed by atoms with Crippen LogP contribution in [-0.2, 0) is 0 Å². The average Bonchev–Trinajstić information content (AvgIpc) is 2.83. The van der Waals surface area contributed by atoms with Gasteiger partial charge >= 0.3 is 0 Å². The Morgan fingerprint density at radius 1 is 1.44 bits per heavy atom. The zero-order valence-corrected chi connectivity index (χ0v) is 8.04. The minimum atomic E-state index is -0.469. The molecule has 0 aliphatic carbocycles. The van der Waals surface area contributed by atoms with Crippen molar-refractivity contribution in [2.24, 2.45) is 0 Å². The molecule has 0 saturated carbocycles.